The van der Waals surface area contributed by atoms with Crippen LogP contribution in [0, 0.1) is 0 Å². The van der Waals surface area contributed by atoms with Crippen LogP contribution in [0.15, 0.2) is 30.6 Å². The van der Waals surface area contributed by atoms with Crippen LogP contribution >= 0.6 is 0 Å². The smallest absolute Gasteiger partial charge is 0.231 e. The van der Waals surface area contributed by atoms with E-state index in [1.54, 1.807) is 4.68 Å². The van der Waals surface area contributed by atoms with Crippen molar-refractivity contribution in [1.29, 1.82) is 0 Å². The molecule has 3 rings (SSSR count). The first-order chi connectivity index (χ1) is 11.6. The summed E-state index contributed by atoms with van der Waals surface area (Å²) in [6, 6.07) is 5.72. The number of ether oxygens (including phenoxy) is 3. The topological polar surface area (TPSA) is 69.0 Å². The molecule has 7 nitrogen and oxygen atoms in total. The van der Waals surface area contributed by atoms with Crippen molar-refractivity contribution >= 4 is 0 Å². The lowest BCUT2D eigenvalue weighted by molar-refractivity contribution is 0.0127. The van der Waals surface area contributed by atoms with E-state index in [-0.39, 0.29) is 13.4 Å². The molecule has 0 unspecified atom stereocenters. The van der Waals surface area contributed by atoms with Crippen LogP contribution in [0.2, 0.25) is 0 Å². The third-order valence-corrected chi connectivity index (χ3v) is 3.75. The van der Waals surface area contributed by atoms with Crippen LogP contribution in [0.3, 0.4) is 0 Å². The summed E-state index contributed by atoms with van der Waals surface area (Å²) < 4.78 is 18.0. The Morgan fingerprint density at radius 3 is 2.96 bits per heavy atom. The first-order valence-corrected chi connectivity index (χ1v) is 7.90. The fraction of sp³-hybridized carbons (Fsp3) is 0.471. The van der Waals surface area contributed by atoms with Gasteiger partial charge in [0, 0.05) is 31.9 Å². The molecule has 0 amide bonds. The zero-order valence-corrected chi connectivity index (χ0v) is 14.0. The van der Waals surface area contributed by atoms with Crippen LogP contribution in [0.4, 0.5) is 0 Å². The average Bonchev–Trinajstić information content (AvgIpc) is 3.15. The van der Waals surface area contributed by atoms with Gasteiger partial charge in [0.15, 0.2) is 11.5 Å². The highest BCUT2D eigenvalue weighted by atomic mass is 16.7. The average molecular weight is 333 g/mol. The van der Waals surface area contributed by atoms with E-state index >= 15 is 0 Å². The Morgan fingerprint density at radius 2 is 2.17 bits per heavy atom. The molecule has 1 N–H and O–H groups in total. The molecule has 1 atom stereocenters. The van der Waals surface area contributed by atoms with Gasteiger partial charge in [-0.2, -0.15) is 5.10 Å². The van der Waals surface area contributed by atoms with Gasteiger partial charge in [0.25, 0.3) is 0 Å². The second-order valence-electron chi connectivity index (χ2n) is 6.08. The van der Waals surface area contributed by atoms with Crippen molar-refractivity contribution in [2.45, 2.75) is 19.3 Å². The lowest BCUT2D eigenvalue weighted by Crippen LogP contribution is -2.31. The summed E-state index contributed by atoms with van der Waals surface area (Å²) in [5, 5.41) is 14.2. The van der Waals surface area contributed by atoms with E-state index in [9.17, 15) is 5.11 Å². The van der Waals surface area contributed by atoms with Crippen LogP contribution in [0.5, 0.6) is 11.5 Å². The number of likely N-dealkylation sites (N-methyl/N-ethyl adjacent to an activating group) is 1. The minimum Gasteiger partial charge on any atom is -0.454 e. The fourth-order valence-corrected chi connectivity index (χ4v) is 2.69. The summed E-state index contributed by atoms with van der Waals surface area (Å²) in [6.07, 6.45) is 3.26. The number of nitrogens with zero attached hydrogens (tertiary/aromatic N) is 3. The van der Waals surface area contributed by atoms with E-state index in [2.05, 4.69) is 5.10 Å². The number of rotatable bonds is 8. The first-order valence-electron chi connectivity index (χ1n) is 7.90. The summed E-state index contributed by atoms with van der Waals surface area (Å²) in [6.45, 7) is 2.26. The maximum absolute atomic E-state index is 10.1. The Labute approximate surface area is 141 Å². The van der Waals surface area contributed by atoms with Crippen molar-refractivity contribution in [3.63, 3.8) is 0 Å². The summed E-state index contributed by atoms with van der Waals surface area (Å²) >= 11 is 0. The number of aromatic nitrogens is 2. The maximum atomic E-state index is 10.1. The number of hydrogen-bond donors (Lipinski definition) is 1. The molecule has 1 aromatic heterocycles. The molecule has 2 aromatic rings. The highest BCUT2D eigenvalue weighted by Crippen LogP contribution is 2.32. The van der Waals surface area contributed by atoms with Crippen molar-refractivity contribution < 1.29 is 19.3 Å². The van der Waals surface area contributed by atoms with E-state index in [1.807, 2.05) is 49.6 Å². The lowest BCUT2D eigenvalue weighted by atomic mass is 10.2. The molecule has 0 saturated heterocycles. The number of aliphatic hydroxyl groups is 1. The number of fused-ring (bicyclic) bond motifs is 1. The summed E-state index contributed by atoms with van der Waals surface area (Å²) in [7, 11) is 3.86. The number of aryl methyl sites for hydroxylation is 1. The van der Waals surface area contributed by atoms with Crippen LogP contribution < -0.4 is 9.47 Å². The molecule has 2 heterocycles. The van der Waals surface area contributed by atoms with E-state index in [1.165, 1.54) is 0 Å². The van der Waals surface area contributed by atoms with Crippen LogP contribution in [0.25, 0.3) is 0 Å². The quantitative estimate of drug-likeness (QED) is 0.782. The molecule has 0 spiro atoms. The molecule has 1 aliphatic rings. The molecular weight excluding hydrogens is 310 g/mol. The Hall–Kier alpha value is -2.09. The van der Waals surface area contributed by atoms with Gasteiger partial charge in [-0.15, -0.1) is 0 Å². The molecule has 0 radical (unpaired) electrons. The van der Waals surface area contributed by atoms with Gasteiger partial charge in [-0.3, -0.25) is 9.58 Å². The van der Waals surface area contributed by atoms with Gasteiger partial charge in [-0.1, -0.05) is 6.07 Å². The second-order valence-corrected chi connectivity index (χ2v) is 6.08. The number of benzene rings is 1. The van der Waals surface area contributed by atoms with Crippen molar-refractivity contribution in [2.75, 3.05) is 27.0 Å². The van der Waals surface area contributed by atoms with Gasteiger partial charge in [0.1, 0.15) is 0 Å². The van der Waals surface area contributed by atoms with Gasteiger partial charge in [0.05, 0.1) is 25.5 Å². The highest BCUT2D eigenvalue weighted by molar-refractivity contribution is 5.44. The summed E-state index contributed by atoms with van der Waals surface area (Å²) in [4.78, 5) is 2.05. The Bertz CT molecular complexity index is 674. The second kappa shape index (κ2) is 7.65. The van der Waals surface area contributed by atoms with Crippen molar-refractivity contribution in [3.8, 4) is 11.5 Å². The van der Waals surface area contributed by atoms with Gasteiger partial charge in [-0.05, 0) is 24.7 Å². The minimum atomic E-state index is -0.541. The standard InChI is InChI=1S/C17H23N3O4/c1-19(7-14-6-18-20(2)8-14)9-15(21)11-22-10-13-3-4-16-17(5-13)24-12-23-16/h3-6,8,15,21H,7,9-12H2,1-2H3/t15-/m1/s1. The molecular formula is C17H23N3O4. The van der Waals surface area contributed by atoms with Gasteiger partial charge in [-0.25, -0.2) is 0 Å². The monoisotopic (exact) mass is 333 g/mol. The molecule has 0 fully saturated rings. The normalized spacial score (nSPS) is 14.3. The predicted molar refractivity (Wildman–Crippen MR) is 87.8 cm³/mol. The molecule has 7 heteroatoms. The number of hydrogen-bond acceptors (Lipinski definition) is 6. The predicted octanol–water partition coefficient (Wildman–Crippen LogP) is 1.16. The molecule has 0 bridgehead atoms. The van der Waals surface area contributed by atoms with Gasteiger partial charge in [0.2, 0.25) is 6.79 Å². The fourth-order valence-electron chi connectivity index (χ4n) is 2.69. The van der Waals surface area contributed by atoms with Crippen LogP contribution in [0.1, 0.15) is 11.1 Å². The third-order valence-electron chi connectivity index (χ3n) is 3.75. The SMILES string of the molecule is CN(Cc1cnn(C)c1)C[C@@H](O)COCc1ccc2c(c1)OCO2. The zero-order valence-electron chi connectivity index (χ0n) is 14.0. The van der Waals surface area contributed by atoms with Crippen LogP contribution in [-0.2, 0) is 24.9 Å². The highest BCUT2D eigenvalue weighted by Gasteiger charge is 2.14. The Morgan fingerprint density at radius 1 is 1.33 bits per heavy atom. The van der Waals surface area contributed by atoms with Crippen molar-refractivity contribution in [2.24, 2.45) is 7.05 Å². The zero-order chi connectivity index (χ0) is 16.9. The molecule has 24 heavy (non-hydrogen) atoms. The van der Waals surface area contributed by atoms with E-state index in [0.717, 1.165) is 29.2 Å². The van der Waals surface area contributed by atoms with Crippen molar-refractivity contribution in [1.82, 2.24) is 14.7 Å². The van der Waals surface area contributed by atoms with E-state index in [4.69, 9.17) is 14.2 Å². The van der Waals surface area contributed by atoms with Gasteiger partial charge >= 0.3 is 0 Å². The third kappa shape index (κ3) is 4.47. The van der Waals surface area contributed by atoms with E-state index < -0.39 is 6.10 Å². The number of aliphatic hydroxyl groups excluding tert-OH is 1. The van der Waals surface area contributed by atoms with E-state index in [0.29, 0.717) is 13.2 Å². The summed E-state index contributed by atoms with van der Waals surface area (Å²) in [5.41, 5.74) is 2.11. The molecule has 1 aliphatic heterocycles. The molecule has 0 aliphatic carbocycles. The Kier molecular flexibility index (Phi) is 5.34. The minimum absolute atomic E-state index is 0.266. The Balaban J connectivity index is 1.38. The summed E-state index contributed by atoms with van der Waals surface area (Å²) in [5.74, 6) is 1.50. The van der Waals surface area contributed by atoms with Crippen molar-refractivity contribution in [3.05, 3.63) is 41.7 Å². The molecule has 1 aromatic carbocycles. The lowest BCUT2D eigenvalue weighted by Gasteiger charge is -2.20. The maximum Gasteiger partial charge on any atom is 0.231 e. The van der Waals surface area contributed by atoms with Crippen LogP contribution in [-0.4, -0.2) is 52.9 Å². The largest absolute Gasteiger partial charge is 0.454 e. The van der Waals surface area contributed by atoms with Gasteiger partial charge < -0.3 is 19.3 Å². The molecule has 130 valence electrons. The molecule has 0 saturated carbocycles. The first kappa shape index (κ1) is 16.8.